The Labute approximate surface area is 75.8 Å². The Kier molecular flexibility index (Phi) is 3.37. The number of nitrogens with one attached hydrogen (secondary N) is 1. The van der Waals surface area contributed by atoms with Gasteiger partial charge in [-0.05, 0) is 14.0 Å². The molecule has 0 aliphatic carbocycles. The largest absolute Gasteiger partial charge is 0.311 e. The second kappa shape index (κ2) is 4.33. The molecule has 12 heavy (non-hydrogen) atoms. The molecule has 4 heteroatoms. The highest BCUT2D eigenvalue weighted by molar-refractivity contribution is 7.09. The number of Topliss-reactive ketones (excluding diaryl/α,β-unsaturated/α-hetero) is 1. The first kappa shape index (κ1) is 9.35. The van der Waals surface area contributed by atoms with Crippen LogP contribution in [0.15, 0.2) is 11.6 Å². The predicted octanol–water partition coefficient (Wildman–Crippen LogP) is 0.863. The van der Waals surface area contributed by atoms with Gasteiger partial charge in [0.25, 0.3) is 0 Å². The van der Waals surface area contributed by atoms with Crippen molar-refractivity contribution in [3.8, 4) is 0 Å². The van der Waals surface area contributed by atoms with E-state index >= 15 is 0 Å². The second-order valence-electron chi connectivity index (χ2n) is 2.58. The van der Waals surface area contributed by atoms with E-state index in [9.17, 15) is 4.79 Å². The van der Waals surface area contributed by atoms with Crippen LogP contribution in [0.1, 0.15) is 11.9 Å². The summed E-state index contributed by atoms with van der Waals surface area (Å²) in [5, 5.41) is 5.68. The van der Waals surface area contributed by atoms with Crippen LogP contribution < -0.4 is 5.32 Å². The van der Waals surface area contributed by atoms with Gasteiger partial charge < -0.3 is 5.32 Å². The summed E-state index contributed by atoms with van der Waals surface area (Å²) in [4.78, 5) is 15.4. The molecule has 0 saturated carbocycles. The molecule has 0 aliphatic heterocycles. The van der Waals surface area contributed by atoms with Crippen molar-refractivity contribution < 1.29 is 4.79 Å². The molecule has 0 radical (unpaired) electrons. The van der Waals surface area contributed by atoms with Crippen molar-refractivity contribution >= 4 is 17.1 Å². The van der Waals surface area contributed by atoms with Gasteiger partial charge in [-0.25, -0.2) is 4.98 Å². The molecule has 1 aromatic rings. The number of likely N-dealkylation sites (N-methyl/N-ethyl adjacent to an activating group) is 1. The molecular weight excluding hydrogens is 172 g/mol. The number of carbonyl (C=O) groups is 1. The molecule has 0 spiro atoms. The Hall–Kier alpha value is -0.740. The van der Waals surface area contributed by atoms with E-state index in [2.05, 4.69) is 10.3 Å². The lowest BCUT2D eigenvalue weighted by Crippen LogP contribution is -2.31. The van der Waals surface area contributed by atoms with Gasteiger partial charge in [-0.15, -0.1) is 11.3 Å². The zero-order valence-corrected chi connectivity index (χ0v) is 8.02. The van der Waals surface area contributed by atoms with E-state index in [-0.39, 0.29) is 11.8 Å². The fraction of sp³-hybridized carbons (Fsp3) is 0.500. The molecule has 0 fully saturated rings. The van der Waals surface area contributed by atoms with Gasteiger partial charge in [-0.2, -0.15) is 0 Å². The Balaban J connectivity index is 2.47. The maximum Gasteiger partial charge on any atom is 0.156 e. The summed E-state index contributed by atoms with van der Waals surface area (Å²) in [5.41, 5.74) is 0. The Morgan fingerprint density at radius 3 is 3.08 bits per heavy atom. The smallest absolute Gasteiger partial charge is 0.156 e. The fourth-order valence-corrected chi connectivity index (χ4v) is 1.43. The highest BCUT2D eigenvalue weighted by atomic mass is 32.1. The third-order valence-corrected chi connectivity index (χ3v) is 2.50. The lowest BCUT2D eigenvalue weighted by Gasteiger charge is -2.06. The van der Waals surface area contributed by atoms with Crippen LogP contribution in [0.2, 0.25) is 0 Å². The SMILES string of the molecule is CNC(C)C(=O)Cc1nccs1. The maximum absolute atomic E-state index is 11.3. The molecule has 0 bridgehead atoms. The minimum absolute atomic E-state index is 0.0751. The van der Waals surface area contributed by atoms with E-state index in [0.717, 1.165) is 5.01 Å². The molecule has 3 nitrogen and oxygen atoms in total. The summed E-state index contributed by atoms with van der Waals surface area (Å²) < 4.78 is 0. The fourth-order valence-electron chi connectivity index (χ4n) is 0.803. The van der Waals surface area contributed by atoms with Crippen LogP contribution in [0.25, 0.3) is 0 Å². The van der Waals surface area contributed by atoms with Crippen molar-refractivity contribution in [2.75, 3.05) is 7.05 Å². The molecule has 1 unspecified atom stereocenters. The first-order chi connectivity index (χ1) is 5.74. The Bertz CT molecular complexity index is 246. The zero-order valence-electron chi connectivity index (χ0n) is 7.20. The van der Waals surface area contributed by atoms with Crippen molar-refractivity contribution in [1.29, 1.82) is 0 Å². The van der Waals surface area contributed by atoms with Gasteiger partial charge >= 0.3 is 0 Å². The van der Waals surface area contributed by atoms with Crippen molar-refractivity contribution in [3.05, 3.63) is 16.6 Å². The van der Waals surface area contributed by atoms with Crippen LogP contribution in [0.3, 0.4) is 0 Å². The van der Waals surface area contributed by atoms with Gasteiger partial charge in [-0.3, -0.25) is 4.79 Å². The molecule has 1 atom stereocenters. The average Bonchev–Trinajstić information content (AvgIpc) is 2.55. The molecule has 0 amide bonds. The number of nitrogens with zero attached hydrogens (tertiary/aromatic N) is 1. The normalized spacial score (nSPS) is 12.8. The van der Waals surface area contributed by atoms with Crippen molar-refractivity contribution in [2.45, 2.75) is 19.4 Å². The lowest BCUT2D eigenvalue weighted by molar-refractivity contribution is -0.119. The number of aromatic nitrogens is 1. The molecule has 0 aliphatic rings. The average molecular weight is 184 g/mol. The quantitative estimate of drug-likeness (QED) is 0.754. The van der Waals surface area contributed by atoms with E-state index in [1.807, 2.05) is 12.3 Å². The first-order valence-corrected chi connectivity index (χ1v) is 4.70. The van der Waals surface area contributed by atoms with E-state index in [1.165, 1.54) is 11.3 Å². The summed E-state index contributed by atoms with van der Waals surface area (Å²) in [6, 6.07) is -0.0751. The van der Waals surface area contributed by atoms with Crippen molar-refractivity contribution in [1.82, 2.24) is 10.3 Å². The standard InChI is InChI=1S/C8H12N2OS/c1-6(9-2)7(11)5-8-10-3-4-12-8/h3-4,6,9H,5H2,1-2H3. The summed E-state index contributed by atoms with van der Waals surface area (Å²) in [6.45, 7) is 1.86. The minimum atomic E-state index is -0.0751. The molecule has 66 valence electrons. The first-order valence-electron chi connectivity index (χ1n) is 3.82. The summed E-state index contributed by atoms with van der Waals surface area (Å²) >= 11 is 1.52. The number of ketones is 1. The van der Waals surface area contributed by atoms with Crippen LogP contribution >= 0.6 is 11.3 Å². The molecule has 0 saturated heterocycles. The van der Waals surface area contributed by atoms with Gasteiger partial charge in [-0.1, -0.05) is 0 Å². The lowest BCUT2D eigenvalue weighted by atomic mass is 10.2. The summed E-state index contributed by atoms with van der Waals surface area (Å²) in [6.07, 6.45) is 2.16. The van der Waals surface area contributed by atoms with Gasteiger partial charge in [0.1, 0.15) is 0 Å². The third kappa shape index (κ3) is 2.39. The second-order valence-corrected chi connectivity index (χ2v) is 3.56. The van der Waals surface area contributed by atoms with Crippen molar-refractivity contribution in [2.24, 2.45) is 0 Å². The Morgan fingerprint density at radius 2 is 2.58 bits per heavy atom. The van der Waals surface area contributed by atoms with Gasteiger partial charge in [0, 0.05) is 11.6 Å². The van der Waals surface area contributed by atoms with E-state index in [4.69, 9.17) is 0 Å². The number of hydrogen-bond donors (Lipinski definition) is 1. The number of carbonyl (C=O) groups excluding carboxylic acids is 1. The van der Waals surface area contributed by atoms with E-state index < -0.39 is 0 Å². The van der Waals surface area contributed by atoms with Crippen LogP contribution in [-0.2, 0) is 11.2 Å². The van der Waals surface area contributed by atoms with Crippen molar-refractivity contribution in [3.63, 3.8) is 0 Å². The zero-order chi connectivity index (χ0) is 8.97. The van der Waals surface area contributed by atoms with Gasteiger partial charge in [0.05, 0.1) is 17.5 Å². The van der Waals surface area contributed by atoms with E-state index in [0.29, 0.717) is 6.42 Å². The predicted molar refractivity (Wildman–Crippen MR) is 49.3 cm³/mol. The van der Waals surface area contributed by atoms with Gasteiger partial charge in [0.15, 0.2) is 5.78 Å². The monoisotopic (exact) mass is 184 g/mol. The number of thiazole rings is 1. The Morgan fingerprint density at radius 1 is 1.83 bits per heavy atom. The number of hydrogen-bond acceptors (Lipinski definition) is 4. The topological polar surface area (TPSA) is 42.0 Å². The molecule has 1 rings (SSSR count). The third-order valence-electron chi connectivity index (χ3n) is 1.72. The molecule has 1 aromatic heterocycles. The van der Waals surface area contributed by atoms with Crippen LogP contribution in [0.4, 0.5) is 0 Å². The molecule has 0 aromatic carbocycles. The van der Waals surface area contributed by atoms with Gasteiger partial charge in [0.2, 0.25) is 0 Å². The van der Waals surface area contributed by atoms with E-state index in [1.54, 1.807) is 13.2 Å². The highest BCUT2D eigenvalue weighted by Crippen LogP contribution is 2.05. The molecular formula is C8H12N2OS. The highest BCUT2D eigenvalue weighted by Gasteiger charge is 2.11. The van der Waals surface area contributed by atoms with Crippen LogP contribution in [0, 0.1) is 0 Å². The van der Waals surface area contributed by atoms with Crippen LogP contribution in [0.5, 0.6) is 0 Å². The summed E-state index contributed by atoms with van der Waals surface area (Å²) in [7, 11) is 1.78. The van der Waals surface area contributed by atoms with Crippen LogP contribution in [-0.4, -0.2) is 23.9 Å². The summed E-state index contributed by atoms with van der Waals surface area (Å²) in [5.74, 6) is 0.187. The minimum Gasteiger partial charge on any atom is -0.311 e. The maximum atomic E-state index is 11.3. The molecule has 1 heterocycles. The molecule has 1 N–H and O–H groups in total. The number of rotatable bonds is 4.